The maximum absolute atomic E-state index is 13.6. The van der Waals surface area contributed by atoms with Crippen molar-refractivity contribution in [2.75, 3.05) is 12.8 Å². The maximum atomic E-state index is 13.6. The largest absolute Gasteiger partial charge is 0.494 e. The van der Waals surface area contributed by atoms with Crippen molar-refractivity contribution in [2.45, 2.75) is 17.6 Å². The van der Waals surface area contributed by atoms with E-state index in [-0.39, 0.29) is 11.6 Å². The standard InChI is InChI=1S/C15H16FNOS/c1-10-3-5-13(17)15(7-10)19-9-11-4-6-14(18-2)12(16)8-11/h3-8H,9,17H2,1-2H3. The van der Waals surface area contributed by atoms with Crippen LogP contribution in [0.15, 0.2) is 41.3 Å². The molecule has 2 aromatic rings. The smallest absolute Gasteiger partial charge is 0.165 e. The van der Waals surface area contributed by atoms with Gasteiger partial charge in [0.25, 0.3) is 0 Å². The molecular formula is C15H16FNOS. The van der Waals surface area contributed by atoms with Crippen LogP contribution in [0.25, 0.3) is 0 Å². The number of anilines is 1. The fraction of sp³-hybridized carbons (Fsp3) is 0.200. The van der Waals surface area contributed by atoms with Crippen LogP contribution in [-0.2, 0) is 5.75 Å². The normalized spacial score (nSPS) is 10.5. The Kier molecular flexibility index (Phi) is 4.32. The summed E-state index contributed by atoms with van der Waals surface area (Å²) in [6.45, 7) is 2.02. The number of ether oxygens (including phenoxy) is 1. The summed E-state index contributed by atoms with van der Waals surface area (Å²) >= 11 is 1.60. The number of halogens is 1. The lowest BCUT2D eigenvalue weighted by Gasteiger charge is -2.08. The van der Waals surface area contributed by atoms with Crippen LogP contribution in [0.1, 0.15) is 11.1 Å². The minimum atomic E-state index is -0.335. The minimum absolute atomic E-state index is 0.267. The van der Waals surface area contributed by atoms with E-state index in [1.54, 1.807) is 17.8 Å². The fourth-order valence-corrected chi connectivity index (χ4v) is 2.73. The second-order valence-corrected chi connectivity index (χ2v) is 5.32. The lowest BCUT2D eigenvalue weighted by Crippen LogP contribution is -1.92. The predicted octanol–water partition coefficient (Wildman–Crippen LogP) is 4.02. The Morgan fingerprint density at radius 3 is 2.68 bits per heavy atom. The SMILES string of the molecule is COc1ccc(CSc2cc(C)ccc2N)cc1F. The molecule has 0 aliphatic rings. The van der Waals surface area contributed by atoms with Gasteiger partial charge in [-0.3, -0.25) is 0 Å². The van der Waals surface area contributed by atoms with Gasteiger partial charge in [-0.25, -0.2) is 4.39 Å². The van der Waals surface area contributed by atoms with E-state index in [9.17, 15) is 4.39 Å². The highest BCUT2D eigenvalue weighted by Gasteiger charge is 2.05. The molecular weight excluding hydrogens is 261 g/mol. The van der Waals surface area contributed by atoms with Crippen LogP contribution in [-0.4, -0.2) is 7.11 Å². The van der Waals surface area contributed by atoms with E-state index in [2.05, 4.69) is 0 Å². The molecule has 0 unspecified atom stereocenters. The molecule has 0 aliphatic heterocycles. The Morgan fingerprint density at radius 1 is 1.21 bits per heavy atom. The molecule has 0 amide bonds. The molecule has 0 atom stereocenters. The van der Waals surface area contributed by atoms with Gasteiger partial charge in [0.15, 0.2) is 11.6 Å². The Labute approximate surface area is 116 Å². The van der Waals surface area contributed by atoms with Crippen LogP contribution in [0.4, 0.5) is 10.1 Å². The van der Waals surface area contributed by atoms with Crippen molar-refractivity contribution in [2.24, 2.45) is 0 Å². The van der Waals surface area contributed by atoms with E-state index in [4.69, 9.17) is 10.5 Å². The maximum Gasteiger partial charge on any atom is 0.165 e. The van der Waals surface area contributed by atoms with E-state index in [1.165, 1.54) is 13.2 Å². The van der Waals surface area contributed by atoms with Crippen molar-refractivity contribution >= 4 is 17.4 Å². The van der Waals surface area contributed by atoms with Gasteiger partial charge in [-0.05, 0) is 42.3 Å². The van der Waals surface area contributed by atoms with Crippen molar-refractivity contribution in [3.63, 3.8) is 0 Å². The molecule has 0 fully saturated rings. The Bertz CT molecular complexity index is 586. The molecule has 2 nitrogen and oxygen atoms in total. The van der Waals surface area contributed by atoms with Gasteiger partial charge in [0.05, 0.1) is 7.11 Å². The molecule has 0 saturated heterocycles. The molecule has 19 heavy (non-hydrogen) atoms. The Hall–Kier alpha value is -1.68. The van der Waals surface area contributed by atoms with Gasteiger partial charge >= 0.3 is 0 Å². The van der Waals surface area contributed by atoms with Crippen molar-refractivity contribution in [1.82, 2.24) is 0 Å². The van der Waals surface area contributed by atoms with Crippen LogP contribution in [0, 0.1) is 12.7 Å². The summed E-state index contributed by atoms with van der Waals surface area (Å²) in [7, 11) is 1.46. The molecule has 100 valence electrons. The number of aryl methyl sites for hydroxylation is 1. The molecule has 0 aliphatic carbocycles. The van der Waals surface area contributed by atoms with Crippen molar-refractivity contribution < 1.29 is 9.13 Å². The van der Waals surface area contributed by atoms with Gasteiger partial charge in [-0.1, -0.05) is 12.1 Å². The molecule has 0 heterocycles. The van der Waals surface area contributed by atoms with Crippen molar-refractivity contribution in [1.29, 1.82) is 0 Å². The van der Waals surface area contributed by atoms with Gasteiger partial charge in [-0.2, -0.15) is 0 Å². The molecule has 0 aromatic heterocycles. The van der Waals surface area contributed by atoms with Gasteiger partial charge in [0.2, 0.25) is 0 Å². The molecule has 2 rings (SSSR count). The van der Waals surface area contributed by atoms with Crippen LogP contribution in [0.2, 0.25) is 0 Å². The third kappa shape index (κ3) is 3.41. The first-order valence-corrected chi connectivity index (χ1v) is 6.90. The minimum Gasteiger partial charge on any atom is -0.494 e. The number of thioether (sulfide) groups is 1. The van der Waals surface area contributed by atoms with Crippen LogP contribution < -0.4 is 10.5 Å². The molecule has 0 saturated carbocycles. The number of nitrogens with two attached hydrogens (primary N) is 1. The highest BCUT2D eigenvalue weighted by atomic mass is 32.2. The summed E-state index contributed by atoms with van der Waals surface area (Å²) in [6.07, 6.45) is 0. The number of nitrogen functional groups attached to an aromatic ring is 1. The Balaban J connectivity index is 2.10. The fourth-order valence-electron chi connectivity index (χ4n) is 1.73. The van der Waals surface area contributed by atoms with E-state index in [1.807, 2.05) is 31.2 Å². The lowest BCUT2D eigenvalue weighted by atomic mass is 10.2. The van der Waals surface area contributed by atoms with E-state index >= 15 is 0 Å². The monoisotopic (exact) mass is 277 g/mol. The number of hydrogen-bond donors (Lipinski definition) is 1. The number of benzene rings is 2. The van der Waals surface area contributed by atoms with E-state index < -0.39 is 0 Å². The molecule has 0 radical (unpaired) electrons. The third-order valence-electron chi connectivity index (χ3n) is 2.78. The lowest BCUT2D eigenvalue weighted by molar-refractivity contribution is 0.386. The average molecular weight is 277 g/mol. The van der Waals surface area contributed by atoms with Gasteiger partial charge in [0, 0.05) is 16.3 Å². The van der Waals surface area contributed by atoms with Gasteiger partial charge < -0.3 is 10.5 Å². The van der Waals surface area contributed by atoms with Gasteiger partial charge in [-0.15, -0.1) is 11.8 Å². The van der Waals surface area contributed by atoms with Crippen molar-refractivity contribution in [3.05, 3.63) is 53.3 Å². The van der Waals surface area contributed by atoms with Crippen molar-refractivity contribution in [3.8, 4) is 5.75 Å². The summed E-state index contributed by atoms with van der Waals surface area (Å²) in [5.41, 5.74) is 8.74. The summed E-state index contributed by atoms with van der Waals surface area (Å²) in [6, 6.07) is 10.9. The topological polar surface area (TPSA) is 35.2 Å². The summed E-state index contributed by atoms with van der Waals surface area (Å²) < 4.78 is 18.5. The zero-order valence-electron chi connectivity index (χ0n) is 10.9. The molecule has 4 heteroatoms. The molecule has 2 N–H and O–H groups in total. The van der Waals surface area contributed by atoms with Crippen LogP contribution in [0.5, 0.6) is 5.75 Å². The summed E-state index contributed by atoms with van der Waals surface area (Å²) in [5.74, 6) is 0.607. The van der Waals surface area contributed by atoms with Crippen LogP contribution in [0.3, 0.4) is 0 Å². The third-order valence-corrected chi connectivity index (χ3v) is 3.92. The second-order valence-electron chi connectivity index (χ2n) is 4.30. The molecule has 2 aromatic carbocycles. The second kappa shape index (κ2) is 5.97. The first-order chi connectivity index (χ1) is 9.10. The first kappa shape index (κ1) is 13.7. The zero-order valence-corrected chi connectivity index (χ0v) is 11.8. The zero-order chi connectivity index (χ0) is 13.8. The number of methoxy groups -OCH3 is 1. The highest BCUT2D eigenvalue weighted by molar-refractivity contribution is 7.98. The molecule has 0 spiro atoms. The van der Waals surface area contributed by atoms with Crippen LogP contribution >= 0.6 is 11.8 Å². The number of hydrogen-bond acceptors (Lipinski definition) is 3. The van der Waals surface area contributed by atoms with Gasteiger partial charge in [0.1, 0.15) is 0 Å². The first-order valence-electron chi connectivity index (χ1n) is 5.91. The average Bonchev–Trinajstić information content (AvgIpc) is 2.40. The molecule has 0 bridgehead atoms. The predicted molar refractivity (Wildman–Crippen MR) is 78.1 cm³/mol. The summed E-state index contributed by atoms with van der Waals surface area (Å²) in [5, 5.41) is 0. The summed E-state index contributed by atoms with van der Waals surface area (Å²) in [4.78, 5) is 1.02. The quantitative estimate of drug-likeness (QED) is 0.677. The highest BCUT2D eigenvalue weighted by Crippen LogP contribution is 2.30. The van der Waals surface area contributed by atoms with E-state index in [0.29, 0.717) is 5.75 Å². The van der Waals surface area contributed by atoms with E-state index in [0.717, 1.165) is 21.7 Å². The Morgan fingerprint density at radius 2 is 2.00 bits per heavy atom. The number of rotatable bonds is 4.